The summed E-state index contributed by atoms with van der Waals surface area (Å²) in [4.78, 5) is 0. The molecule has 20 heavy (non-hydrogen) atoms. The topological polar surface area (TPSA) is 21.3 Å². The van der Waals surface area contributed by atoms with Crippen molar-refractivity contribution in [3.8, 4) is 0 Å². The van der Waals surface area contributed by atoms with E-state index in [1.54, 1.807) is 6.92 Å². The van der Waals surface area contributed by atoms with Crippen LogP contribution in [-0.2, 0) is 4.74 Å². The largest absolute Gasteiger partial charge is 0.376 e. The maximum absolute atomic E-state index is 14.4. The number of hydrogen-bond donors (Lipinski definition) is 1. The fourth-order valence-corrected chi connectivity index (χ4v) is 2.79. The summed E-state index contributed by atoms with van der Waals surface area (Å²) in [5, 5.41) is 3.26. The van der Waals surface area contributed by atoms with Gasteiger partial charge in [0, 0.05) is 12.2 Å². The lowest BCUT2D eigenvalue weighted by Gasteiger charge is -2.28. The molecule has 1 heterocycles. The number of hydrogen-bond acceptors (Lipinski definition) is 2. The van der Waals surface area contributed by atoms with Crippen LogP contribution in [0.2, 0.25) is 0 Å². The van der Waals surface area contributed by atoms with Gasteiger partial charge in [0.05, 0.1) is 12.1 Å². The third-order valence-corrected chi connectivity index (χ3v) is 4.02. The quantitative estimate of drug-likeness (QED) is 0.889. The first-order chi connectivity index (χ1) is 9.56. The predicted molar refractivity (Wildman–Crippen MR) is 75.7 cm³/mol. The highest BCUT2D eigenvalue weighted by Gasteiger charge is 2.35. The van der Waals surface area contributed by atoms with E-state index in [-0.39, 0.29) is 11.7 Å². The van der Waals surface area contributed by atoms with Gasteiger partial charge in [-0.2, -0.15) is 0 Å². The maximum atomic E-state index is 14.4. The first-order valence-electron chi connectivity index (χ1n) is 7.35. The van der Waals surface area contributed by atoms with Gasteiger partial charge in [0.2, 0.25) is 0 Å². The Kier molecular flexibility index (Phi) is 5.11. The Hall–Kier alpha value is -1.00. The molecule has 1 aromatic carbocycles. The predicted octanol–water partition coefficient (Wildman–Crippen LogP) is 3.74. The van der Waals surface area contributed by atoms with Crippen LogP contribution in [0.1, 0.15) is 43.9 Å². The van der Waals surface area contributed by atoms with E-state index in [2.05, 4.69) is 12.2 Å². The van der Waals surface area contributed by atoms with Gasteiger partial charge in [0.15, 0.2) is 0 Å². The molecule has 0 amide bonds. The Bertz CT molecular complexity index is 464. The molecule has 0 bridgehead atoms. The van der Waals surface area contributed by atoms with Crippen molar-refractivity contribution >= 4 is 0 Å². The molecule has 2 rings (SSSR count). The number of aryl methyl sites for hydroxylation is 1. The van der Waals surface area contributed by atoms with Gasteiger partial charge in [-0.05, 0) is 43.9 Å². The van der Waals surface area contributed by atoms with Crippen molar-refractivity contribution < 1.29 is 13.5 Å². The van der Waals surface area contributed by atoms with Crippen LogP contribution in [-0.4, -0.2) is 19.3 Å². The van der Waals surface area contributed by atoms with E-state index >= 15 is 0 Å². The first-order valence-corrected chi connectivity index (χ1v) is 7.35. The zero-order valence-corrected chi connectivity index (χ0v) is 12.4. The highest BCUT2D eigenvalue weighted by atomic mass is 19.1. The third-order valence-electron chi connectivity index (χ3n) is 4.02. The molecule has 0 aromatic heterocycles. The molecule has 1 aliphatic heterocycles. The average Bonchev–Trinajstić information content (AvgIpc) is 2.84. The van der Waals surface area contributed by atoms with Crippen LogP contribution in [0.25, 0.3) is 0 Å². The lowest BCUT2D eigenvalue weighted by Crippen LogP contribution is -2.36. The lowest BCUT2D eigenvalue weighted by atomic mass is 9.91. The number of ether oxygens (including phenoxy) is 1. The minimum atomic E-state index is -0.496. The first kappa shape index (κ1) is 15.4. The molecular formula is C16H23F2NO. The smallest absolute Gasteiger partial charge is 0.133 e. The van der Waals surface area contributed by atoms with Gasteiger partial charge in [-0.1, -0.05) is 19.9 Å². The fraction of sp³-hybridized carbons (Fsp3) is 0.625. The van der Waals surface area contributed by atoms with E-state index in [9.17, 15) is 8.78 Å². The normalized spacial score (nSPS) is 24.1. The summed E-state index contributed by atoms with van der Waals surface area (Å²) in [7, 11) is 0. The molecule has 1 fully saturated rings. The van der Waals surface area contributed by atoms with Crippen LogP contribution in [0.3, 0.4) is 0 Å². The van der Waals surface area contributed by atoms with E-state index in [1.165, 1.54) is 12.1 Å². The monoisotopic (exact) mass is 283 g/mol. The number of nitrogens with one attached hydrogen (secondary N) is 1. The van der Waals surface area contributed by atoms with Crippen LogP contribution in [0, 0.1) is 24.5 Å². The number of benzene rings is 1. The molecular weight excluding hydrogens is 260 g/mol. The second kappa shape index (κ2) is 6.64. The summed E-state index contributed by atoms with van der Waals surface area (Å²) < 4.78 is 34.3. The zero-order chi connectivity index (χ0) is 14.7. The van der Waals surface area contributed by atoms with Crippen LogP contribution in [0.4, 0.5) is 8.78 Å². The molecule has 3 unspecified atom stereocenters. The Labute approximate surface area is 119 Å². The van der Waals surface area contributed by atoms with Gasteiger partial charge in [0.25, 0.3) is 0 Å². The Morgan fingerprint density at radius 3 is 2.75 bits per heavy atom. The molecule has 1 aliphatic rings. The van der Waals surface area contributed by atoms with Crippen LogP contribution in [0.5, 0.6) is 0 Å². The molecule has 3 atom stereocenters. The summed E-state index contributed by atoms with van der Waals surface area (Å²) in [5.41, 5.74) is 0.590. The van der Waals surface area contributed by atoms with Crippen molar-refractivity contribution in [1.82, 2.24) is 5.32 Å². The van der Waals surface area contributed by atoms with Crippen molar-refractivity contribution in [2.24, 2.45) is 5.92 Å². The van der Waals surface area contributed by atoms with Crippen molar-refractivity contribution in [3.63, 3.8) is 0 Å². The van der Waals surface area contributed by atoms with E-state index in [1.807, 2.05) is 6.92 Å². The fourth-order valence-electron chi connectivity index (χ4n) is 2.79. The van der Waals surface area contributed by atoms with E-state index in [0.717, 1.165) is 12.8 Å². The molecule has 0 radical (unpaired) electrons. The summed E-state index contributed by atoms with van der Waals surface area (Å²) in [6, 6.07) is 2.39. The van der Waals surface area contributed by atoms with Gasteiger partial charge >= 0.3 is 0 Å². The molecule has 1 aromatic rings. The van der Waals surface area contributed by atoms with Crippen LogP contribution >= 0.6 is 0 Å². The number of halogens is 2. The summed E-state index contributed by atoms with van der Waals surface area (Å²) >= 11 is 0. The van der Waals surface area contributed by atoms with Crippen molar-refractivity contribution in [2.45, 2.75) is 45.8 Å². The minimum absolute atomic E-state index is 0.122. The summed E-state index contributed by atoms with van der Waals surface area (Å²) in [5.74, 6) is -0.658. The Morgan fingerprint density at radius 2 is 2.15 bits per heavy atom. The van der Waals surface area contributed by atoms with Crippen LogP contribution in [0.15, 0.2) is 12.1 Å². The van der Waals surface area contributed by atoms with Crippen molar-refractivity contribution in [1.29, 1.82) is 0 Å². The molecule has 1 N–H and O–H groups in total. The molecule has 2 nitrogen and oxygen atoms in total. The van der Waals surface area contributed by atoms with Crippen LogP contribution < -0.4 is 5.32 Å². The molecule has 0 aliphatic carbocycles. The second-order valence-electron chi connectivity index (χ2n) is 5.63. The Balaban J connectivity index is 2.38. The van der Waals surface area contributed by atoms with Gasteiger partial charge in [-0.15, -0.1) is 0 Å². The van der Waals surface area contributed by atoms with E-state index in [4.69, 9.17) is 4.74 Å². The SMILES string of the molecule is CCCNC(c1c(F)ccc(C)c1F)C1OCCC1C. The van der Waals surface area contributed by atoms with Crippen molar-refractivity contribution in [3.05, 3.63) is 34.9 Å². The highest BCUT2D eigenvalue weighted by Crippen LogP contribution is 2.34. The van der Waals surface area contributed by atoms with Gasteiger partial charge in [0.1, 0.15) is 11.6 Å². The van der Waals surface area contributed by atoms with Gasteiger partial charge < -0.3 is 10.1 Å². The second-order valence-corrected chi connectivity index (χ2v) is 5.63. The van der Waals surface area contributed by atoms with E-state index < -0.39 is 17.7 Å². The standard InChI is InChI=1S/C16H23F2NO/c1-4-8-19-15(16-11(3)7-9-20-16)13-12(17)6-5-10(2)14(13)18/h5-6,11,15-16,19H,4,7-9H2,1-3H3. The zero-order valence-electron chi connectivity index (χ0n) is 12.4. The highest BCUT2D eigenvalue weighted by molar-refractivity contribution is 5.30. The molecule has 0 saturated carbocycles. The average molecular weight is 283 g/mol. The van der Waals surface area contributed by atoms with Crippen molar-refractivity contribution in [2.75, 3.05) is 13.2 Å². The summed E-state index contributed by atoms with van der Waals surface area (Å²) in [6.45, 7) is 7.14. The van der Waals surface area contributed by atoms with Gasteiger partial charge in [-0.25, -0.2) is 8.78 Å². The summed E-state index contributed by atoms with van der Waals surface area (Å²) in [6.07, 6.45) is 1.67. The molecule has 1 saturated heterocycles. The molecule has 0 spiro atoms. The third kappa shape index (κ3) is 3.01. The van der Waals surface area contributed by atoms with Gasteiger partial charge in [-0.3, -0.25) is 0 Å². The van der Waals surface area contributed by atoms with E-state index in [0.29, 0.717) is 24.6 Å². The molecule has 4 heteroatoms. The maximum Gasteiger partial charge on any atom is 0.133 e. The number of rotatable bonds is 5. The lowest BCUT2D eigenvalue weighted by molar-refractivity contribution is 0.0583. The Morgan fingerprint density at radius 1 is 1.40 bits per heavy atom. The molecule has 112 valence electrons. The minimum Gasteiger partial charge on any atom is -0.376 e.